The minimum absolute atomic E-state index is 0.207. The Morgan fingerprint density at radius 3 is 2.61 bits per heavy atom. The number of hydrogen-bond donors (Lipinski definition) is 1. The predicted molar refractivity (Wildman–Crippen MR) is 70.7 cm³/mol. The van der Waals surface area contributed by atoms with E-state index >= 15 is 0 Å². The predicted octanol–water partition coefficient (Wildman–Crippen LogP) is 4.19. The summed E-state index contributed by atoms with van der Waals surface area (Å²) in [5.41, 5.74) is 2.00. The van der Waals surface area contributed by atoms with Gasteiger partial charge in [0.1, 0.15) is 0 Å². The zero-order valence-electron chi connectivity index (χ0n) is 10.3. The minimum Gasteiger partial charge on any atom is -0.305 e. The molecule has 1 N–H and O–H groups in total. The second kappa shape index (κ2) is 5.59. The summed E-state index contributed by atoms with van der Waals surface area (Å²) in [7, 11) is 0. The van der Waals surface area contributed by atoms with Gasteiger partial charge < -0.3 is 5.32 Å². The molecule has 1 aromatic heterocycles. The van der Waals surface area contributed by atoms with E-state index in [4.69, 9.17) is 0 Å². The second-order valence-corrected chi connectivity index (χ2v) is 5.27. The lowest BCUT2D eigenvalue weighted by Crippen LogP contribution is -2.17. The molecule has 1 aromatic carbocycles. The first-order chi connectivity index (χ1) is 8.58. The number of hydrogen-bond acceptors (Lipinski definition) is 2. The van der Waals surface area contributed by atoms with Crippen LogP contribution in [0.15, 0.2) is 29.6 Å². The maximum absolute atomic E-state index is 13.0. The van der Waals surface area contributed by atoms with Crippen molar-refractivity contribution in [1.29, 1.82) is 0 Å². The number of aryl methyl sites for hydroxylation is 1. The van der Waals surface area contributed by atoms with Crippen LogP contribution in [-0.4, -0.2) is 0 Å². The lowest BCUT2D eigenvalue weighted by molar-refractivity contribution is 0.504. The average molecular weight is 267 g/mol. The molecule has 0 aliphatic carbocycles. The van der Waals surface area contributed by atoms with Crippen molar-refractivity contribution in [3.63, 3.8) is 0 Å². The van der Waals surface area contributed by atoms with Crippen LogP contribution < -0.4 is 5.32 Å². The molecule has 1 nitrogen and oxygen atoms in total. The van der Waals surface area contributed by atoms with Crippen LogP contribution in [-0.2, 0) is 6.54 Å². The van der Waals surface area contributed by atoms with Crippen LogP contribution in [0.5, 0.6) is 0 Å². The summed E-state index contributed by atoms with van der Waals surface area (Å²) in [5, 5.41) is 5.37. The molecule has 0 spiro atoms. The van der Waals surface area contributed by atoms with Crippen LogP contribution in [0.4, 0.5) is 8.78 Å². The summed E-state index contributed by atoms with van der Waals surface area (Å²) in [6.45, 7) is 4.66. The van der Waals surface area contributed by atoms with Crippen molar-refractivity contribution in [2.24, 2.45) is 0 Å². The van der Waals surface area contributed by atoms with Crippen molar-refractivity contribution in [3.8, 4) is 0 Å². The van der Waals surface area contributed by atoms with Crippen LogP contribution in [0.2, 0.25) is 0 Å². The van der Waals surface area contributed by atoms with E-state index in [2.05, 4.69) is 30.6 Å². The van der Waals surface area contributed by atoms with E-state index in [-0.39, 0.29) is 6.04 Å². The molecule has 4 heteroatoms. The molecule has 0 aliphatic heterocycles. The fraction of sp³-hybridized carbons (Fsp3) is 0.286. The Bertz CT molecular complexity index is 536. The summed E-state index contributed by atoms with van der Waals surface area (Å²) < 4.78 is 25.8. The van der Waals surface area contributed by atoms with Crippen LogP contribution in [0.25, 0.3) is 0 Å². The van der Waals surface area contributed by atoms with E-state index in [1.54, 1.807) is 17.4 Å². The van der Waals surface area contributed by atoms with E-state index in [1.807, 2.05) is 0 Å². The monoisotopic (exact) mass is 267 g/mol. The molecule has 0 aliphatic rings. The molecule has 96 valence electrons. The Kier molecular flexibility index (Phi) is 4.09. The van der Waals surface area contributed by atoms with Gasteiger partial charge >= 0.3 is 0 Å². The highest BCUT2D eigenvalue weighted by atomic mass is 32.1. The summed E-state index contributed by atoms with van der Waals surface area (Å²) >= 11 is 1.70. The first kappa shape index (κ1) is 13.2. The van der Waals surface area contributed by atoms with Gasteiger partial charge in [0.15, 0.2) is 11.6 Å². The molecule has 18 heavy (non-hydrogen) atoms. The highest BCUT2D eigenvalue weighted by Gasteiger charge is 2.09. The smallest absolute Gasteiger partial charge is 0.159 e. The summed E-state index contributed by atoms with van der Waals surface area (Å²) in [6.07, 6.45) is 0. The van der Waals surface area contributed by atoms with Crippen molar-refractivity contribution in [2.45, 2.75) is 26.4 Å². The molecule has 0 saturated carbocycles. The summed E-state index contributed by atoms with van der Waals surface area (Å²) in [5.74, 6) is -1.60. The lowest BCUT2D eigenvalue weighted by atomic mass is 10.1. The van der Waals surface area contributed by atoms with Crippen LogP contribution in [0.3, 0.4) is 0 Å². The highest BCUT2D eigenvalue weighted by Crippen LogP contribution is 2.23. The minimum atomic E-state index is -0.805. The molecule has 1 unspecified atom stereocenters. The van der Waals surface area contributed by atoms with Gasteiger partial charge in [-0.25, -0.2) is 8.78 Å². The van der Waals surface area contributed by atoms with Crippen molar-refractivity contribution in [2.75, 3.05) is 0 Å². The first-order valence-corrected chi connectivity index (χ1v) is 6.67. The van der Waals surface area contributed by atoms with Gasteiger partial charge in [0.05, 0.1) is 0 Å². The van der Waals surface area contributed by atoms with Crippen molar-refractivity contribution < 1.29 is 8.78 Å². The third kappa shape index (κ3) is 2.94. The maximum Gasteiger partial charge on any atom is 0.159 e. The van der Waals surface area contributed by atoms with Gasteiger partial charge in [-0.3, -0.25) is 0 Å². The van der Waals surface area contributed by atoms with E-state index in [0.29, 0.717) is 6.54 Å². The number of thiophene rings is 1. The Hall–Kier alpha value is -1.26. The Morgan fingerprint density at radius 2 is 2.00 bits per heavy atom. The second-order valence-electron chi connectivity index (χ2n) is 4.32. The van der Waals surface area contributed by atoms with Gasteiger partial charge in [0.2, 0.25) is 0 Å². The van der Waals surface area contributed by atoms with E-state index in [0.717, 1.165) is 11.6 Å². The topological polar surface area (TPSA) is 12.0 Å². The molecular weight excluding hydrogens is 252 g/mol. The molecule has 1 atom stereocenters. The van der Waals surface area contributed by atoms with Gasteiger partial charge in [-0.05, 0) is 48.6 Å². The van der Waals surface area contributed by atoms with Gasteiger partial charge in [-0.15, -0.1) is 11.3 Å². The van der Waals surface area contributed by atoms with Crippen LogP contribution in [0.1, 0.15) is 29.0 Å². The Morgan fingerprint density at radius 1 is 1.22 bits per heavy atom. The number of halogens is 2. The third-order valence-corrected chi connectivity index (χ3v) is 4.09. The summed E-state index contributed by atoms with van der Waals surface area (Å²) in [6, 6.07) is 6.27. The molecule has 0 saturated heterocycles. The SMILES string of the molecule is Cc1ccsc1C(C)NCc1ccc(F)c(F)c1. The molecule has 0 amide bonds. The maximum atomic E-state index is 13.0. The summed E-state index contributed by atoms with van der Waals surface area (Å²) in [4.78, 5) is 1.28. The van der Waals surface area contributed by atoms with E-state index in [1.165, 1.54) is 16.5 Å². The van der Waals surface area contributed by atoms with Crippen LogP contribution >= 0.6 is 11.3 Å². The normalized spacial score (nSPS) is 12.7. The van der Waals surface area contributed by atoms with E-state index in [9.17, 15) is 8.78 Å². The Balaban J connectivity index is 1.99. The molecule has 1 heterocycles. The molecule has 0 fully saturated rings. The fourth-order valence-electron chi connectivity index (χ4n) is 1.84. The van der Waals surface area contributed by atoms with Gasteiger partial charge in [-0.2, -0.15) is 0 Å². The third-order valence-electron chi connectivity index (χ3n) is 2.89. The molecule has 2 aromatic rings. The zero-order valence-corrected chi connectivity index (χ0v) is 11.2. The molecular formula is C14H15F2NS. The highest BCUT2D eigenvalue weighted by molar-refractivity contribution is 7.10. The Labute approximate surface area is 109 Å². The largest absolute Gasteiger partial charge is 0.305 e. The van der Waals surface area contributed by atoms with Crippen molar-refractivity contribution in [1.82, 2.24) is 5.32 Å². The zero-order chi connectivity index (χ0) is 13.1. The first-order valence-electron chi connectivity index (χ1n) is 5.79. The van der Waals surface area contributed by atoms with Gasteiger partial charge in [-0.1, -0.05) is 6.07 Å². The molecule has 2 rings (SSSR count). The lowest BCUT2D eigenvalue weighted by Gasteiger charge is -2.13. The van der Waals surface area contributed by atoms with Crippen LogP contribution in [0, 0.1) is 18.6 Å². The van der Waals surface area contributed by atoms with E-state index < -0.39 is 11.6 Å². The quantitative estimate of drug-likeness (QED) is 0.876. The van der Waals surface area contributed by atoms with Gasteiger partial charge in [0, 0.05) is 17.5 Å². The van der Waals surface area contributed by atoms with Crippen molar-refractivity contribution >= 4 is 11.3 Å². The van der Waals surface area contributed by atoms with Gasteiger partial charge in [0.25, 0.3) is 0 Å². The average Bonchev–Trinajstić information content (AvgIpc) is 2.77. The molecule has 0 bridgehead atoms. The molecule has 0 radical (unpaired) electrons. The van der Waals surface area contributed by atoms with Crippen molar-refractivity contribution in [3.05, 3.63) is 57.3 Å². The number of benzene rings is 1. The standard InChI is InChI=1S/C14H15F2NS/c1-9-5-6-18-14(9)10(2)17-8-11-3-4-12(15)13(16)7-11/h3-7,10,17H,8H2,1-2H3. The fourth-order valence-corrected chi connectivity index (χ4v) is 2.80. The number of nitrogens with one attached hydrogen (secondary N) is 1. The number of rotatable bonds is 4.